The van der Waals surface area contributed by atoms with Crippen LogP contribution in [-0.2, 0) is 16.1 Å². The van der Waals surface area contributed by atoms with Gasteiger partial charge in [0.25, 0.3) is 0 Å². The monoisotopic (exact) mass is 310 g/mol. The third kappa shape index (κ3) is 4.23. The molecule has 2 aliphatic heterocycles. The topological polar surface area (TPSA) is 66.5 Å². The number of anilines is 1. The van der Waals surface area contributed by atoms with Crippen LogP contribution in [0.3, 0.4) is 0 Å². The van der Waals surface area contributed by atoms with Gasteiger partial charge in [-0.2, -0.15) is 0 Å². The van der Waals surface area contributed by atoms with Crippen LogP contribution >= 0.6 is 11.3 Å². The van der Waals surface area contributed by atoms with Gasteiger partial charge in [-0.1, -0.05) is 6.42 Å². The molecule has 2 fully saturated rings. The molecule has 0 aromatic carbocycles. The van der Waals surface area contributed by atoms with Gasteiger partial charge in [0.05, 0.1) is 24.9 Å². The Labute approximate surface area is 128 Å². The second-order valence-electron chi connectivity index (χ2n) is 5.52. The van der Waals surface area contributed by atoms with Gasteiger partial charge in [0.1, 0.15) is 0 Å². The highest BCUT2D eigenvalue weighted by atomic mass is 32.1. The molecule has 1 unspecified atom stereocenters. The fraction of sp³-hybridized carbons (Fsp3) is 0.714. The maximum absolute atomic E-state index is 12.1. The summed E-state index contributed by atoms with van der Waals surface area (Å²) in [6, 6.07) is -0.0645. The Balaban J connectivity index is 1.50. The molecule has 7 heteroatoms. The van der Waals surface area contributed by atoms with Crippen molar-refractivity contribution in [2.75, 3.05) is 38.2 Å². The number of nitrogens with zero attached hydrogens (tertiary/aromatic N) is 2. The van der Waals surface area contributed by atoms with Crippen molar-refractivity contribution >= 4 is 22.4 Å². The third-order valence-corrected chi connectivity index (χ3v) is 4.70. The Morgan fingerprint density at radius 2 is 2.33 bits per heavy atom. The van der Waals surface area contributed by atoms with Crippen molar-refractivity contribution in [3.8, 4) is 0 Å². The summed E-state index contributed by atoms with van der Waals surface area (Å²) in [4.78, 5) is 19.0. The van der Waals surface area contributed by atoms with Crippen molar-refractivity contribution in [3.05, 3.63) is 11.1 Å². The van der Waals surface area contributed by atoms with Crippen molar-refractivity contribution in [1.82, 2.24) is 15.2 Å². The first-order valence-electron chi connectivity index (χ1n) is 7.60. The zero-order chi connectivity index (χ0) is 14.5. The molecule has 1 aromatic heterocycles. The van der Waals surface area contributed by atoms with Gasteiger partial charge in [0.15, 0.2) is 5.13 Å². The Morgan fingerprint density at radius 1 is 1.48 bits per heavy atom. The van der Waals surface area contributed by atoms with Gasteiger partial charge in [-0.25, -0.2) is 4.98 Å². The lowest BCUT2D eigenvalue weighted by atomic mass is 10.0. The van der Waals surface area contributed by atoms with Crippen molar-refractivity contribution < 1.29 is 9.53 Å². The van der Waals surface area contributed by atoms with Gasteiger partial charge in [0, 0.05) is 25.0 Å². The lowest BCUT2D eigenvalue weighted by Crippen LogP contribution is -2.43. The van der Waals surface area contributed by atoms with E-state index in [1.54, 1.807) is 0 Å². The number of morpholine rings is 1. The number of ether oxygens (including phenoxy) is 1. The summed E-state index contributed by atoms with van der Waals surface area (Å²) < 4.78 is 5.34. The first-order chi connectivity index (χ1) is 10.3. The van der Waals surface area contributed by atoms with E-state index in [2.05, 4.69) is 20.5 Å². The molecular weight excluding hydrogens is 288 g/mol. The standard InChI is InChI=1S/C14H22N4O2S/c19-13(12-3-1-2-4-15-12)17-14-16-11(10-21-14)9-18-5-7-20-8-6-18/h10,12,15H,1-9H2,(H,16,17,19). The van der Waals surface area contributed by atoms with Crippen LogP contribution in [0.15, 0.2) is 5.38 Å². The molecule has 0 bridgehead atoms. The summed E-state index contributed by atoms with van der Waals surface area (Å²) in [7, 11) is 0. The van der Waals surface area contributed by atoms with E-state index in [9.17, 15) is 4.79 Å². The molecule has 1 amide bonds. The molecule has 6 nitrogen and oxygen atoms in total. The first-order valence-corrected chi connectivity index (χ1v) is 8.48. The minimum absolute atomic E-state index is 0.0435. The second kappa shape index (κ2) is 7.31. The molecule has 116 valence electrons. The largest absolute Gasteiger partial charge is 0.379 e. The number of carbonyl (C=O) groups is 1. The van der Waals surface area contributed by atoms with E-state index in [0.717, 1.165) is 64.3 Å². The molecule has 1 aromatic rings. The van der Waals surface area contributed by atoms with Crippen molar-refractivity contribution in [1.29, 1.82) is 0 Å². The highest BCUT2D eigenvalue weighted by molar-refractivity contribution is 7.13. The number of rotatable bonds is 4. The number of hydrogen-bond acceptors (Lipinski definition) is 6. The Bertz CT molecular complexity index is 467. The summed E-state index contributed by atoms with van der Waals surface area (Å²) in [5, 5.41) is 8.92. The van der Waals surface area contributed by atoms with Gasteiger partial charge >= 0.3 is 0 Å². The van der Waals surface area contributed by atoms with Crippen LogP contribution in [-0.4, -0.2) is 54.7 Å². The lowest BCUT2D eigenvalue weighted by Gasteiger charge is -2.25. The smallest absolute Gasteiger partial charge is 0.243 e. The van der Waals surface area contributed by atoms with Crippen molar-refractivity contribution in [2.24, 2.45) is 0 Å². The number of carbonyl (C=O) groups excluding carboxylic acids is 1. The van der Waals surface area contributed by atoms with Crippen LogP contribution in [0.2, 0.25) is 0 Å². The van der Waals surface area contributed by atoms with Crippen LogP contribution in [0.1, 0.15) is 25.0 Å². The Hall–Kier alpha value is -1.02. The summed E-state index contributed by atoms with van der Waals surface area (Å²) in [5.74, 6) is 0.0435. The maximum atomic E-state index is 12.1. The molecule has 3 heterocycles. The SMILES string of the molecule is O=C(Nc1nc(CN2CCOCC2)cs1)C1CCCCN1. The predicted octanol–water partition coefficient (Wildman–Crippen LogP) is 1.06. The van der Waals surface area contributed by atoms with E-state index in [1.165, 1.54) is 11.3 Å². The molecule has 0 aliphatic carbocycles. The van der Waals surface area contributed by atoms with Crippen LogP contribution in [0.5, 0.6) is 0 Å². The second-order valence-corrected chi connectivity index (χ2v) is 6.38. The molecule has 0 saturated carbocycles. The molecule has 2 saturated heterocycles. The van der Waals surface area contributed by atoms with Gasteiger partial charge in [-0.15, -0.1) is 11.3 Å². The normalized spacial score (nSPS) is 23.9. The van der Waals surface area contributed by atoms with E-state index in [-0.39, 0.29) is 11.9 Å². The number of piperidine rings is 1. The summed E-state index contributed by atoms with van der Waals surface area (Å²) in [5.41, 5.74) is 1.02. The molecule has 0 spiro atoms. The third-order valence-electron chi connectivity index (χ3n) is 3.90. The summed E-state index contributed by atoms with van der Waals surface area (Å²) in [6.45, 7) is 5.24. The average molecular weight is 310 g/mol. The quantitative estimate of drug-likeness (QED) is 0.870. The zero-order valence-corrected chi connectivity index (χ0v) is 13.0. The molecule has 3 rings (SSSR count). The fourth-order valence-corrected chi connectivity index (χ4v) is 3.40. The van der Waals surface area contributed by atoms with E-state index in [1.807, 2.05) is 5.38 Å². The highest BCUT2D eigenvalue weighted by Gasteiger charge is 2.21. The van der Waals surface area contributed by atoms with Crippen molar-refractivity contribution in [2.45, 2.75) is 31.8 Å². The minimum atomic E-state index is -0.0645. The number of nitrogens with one attached hydrogen (secondary N) is 2. The van der Waals surface area contributed by atoms with Gasteiger partial charge in [0.2, 0.25) is 5.91 Å². The Morgan fingerprint density at radius 3 is 3.10 bits per heavy atom. The van der Waals surface area contributed by atoms with Crippen LogP contribution in [0.4, 0.5) is 5.13 Å². The van der Waals surface area contributed by atoms with E-state index < -0.39 is 0 Å². The van der Waals surface area contributed by atoms with E-state index in [0.29, 0.717) is 5.13 Å². The van der Waals surface area contributed by atoms with Crippen molar-refractivity contribution in [3.63, 3.8) is 0 Å². The molecule has 21 heavy (non-hydrogen) atoms. The maximum Gasteiger partial charge on any atom is 0.243 e. The predicted molar refractivity (Wildman–Crippen MR) is 82.5 cm³/mol. The lowest BCUT2D eigenvalue weighted by molar-refractivity contribution is -0.118. The zero-order valence-electron chi connectivity index (χ0n) is 12.1. The van der Waals surface area contributed by atoms with E-state index >= 15 is 0 Å². The number of aromatic nitrogens is 1. The molecule has 0 radical (unpaired) electrons. The van der Waals surface area contributed by atoms with E-state index in [4.69, 9.17) is 4.74 Å². The molecular formula is C14H22N4O2S. The fourth-order valence-electron chi connectivity index (χ4n) is 2.69. The van der Waals surface area contributed by atoms with Crippen LogP contribution in [0.25, 0.3) is 0 Å². The first kappa shape index (κ1) is 14.9. The minimum Gasteiger partial charge on any atom is -0.379 e. The molecule has 2 aliphatic rings. The van der Waals surface area contributed by atoms with Gasteiger partial charge in [-0.05, 0) is 19.4 Å². The summed E-state index contributed by atoms with van der Waals surface area (Å²) >= 11 is 1.50. The summed E-state index contributed by atoms with van der Waals surface area (Å²) in [6.07, 6.45) is 3.19. The van der Waals surface area contributed by atoms with Gasteiger partial charge in [-0.3, -0.25) is 9.69 Å². The number of thiazole rings is 1. The Kier molecular flexibility index (Phi) is 5.18. The number of hydrogen-bond donors (Lipinski definition) is 2. The van der Waals surface area contributed by atoms with Gasteiger partial charge < -0.3 is 15.4 Å². The highest BCUT2D eigenvalue weighted by Crippen LogP contribution is 2.18. The number of amides is 1. The molecule has 2 N–H and O–H groups in total. The average Bonchev–Trinajstić information content (AvgIpc) is 2.96. The van der Waals surface area contributed by atoms with Crippen LogP contribution in [0, 0.1) is 0 Å². The van der Waals surface area contributed by atoms with Crippen LogP contribution < -0.4 is 10.6 Å². The molecule has 1 atom stereocenters.